The quantitative estimate of drug-likeness (QED) is 0.784. The van der Waals surface area contributed by atoms with Crippen molar-refractivity contribution in [2.75, 3.05) is 12.4 Å². The Morgan fingerprint density at radius 1 is 1.69 bits per heavy atom. The Morgan fingerprint density at radius 2 is 2.56 bits per heavy atom. The molecule has 2 atom stereocenters. The van der Waals surface area contributed by atoms with Gasteiger partial charge >= 0.3 is 0 Å². The molecule has 0 spiro atoms. The zero-order valence-electron chi connectivity index (χ0n) is 9.13. The molecular formula is C10H17N3OS2. The van der Waals surface area contributed by atoms with Crippen LogP contribution in [0.1, 0.15) is 25.7 Å². The summed E-state index contributed by atoms with van der Waals surface area (Å²) in [5.41, 5.74) is 5.85. The first-order valence-electron chi connectivity index (χ1n) is 5.54. The smallest absolute Gasteiger partial charge is 0.169 e. The van der Waals surface area contributed by atoms with Gasteiger partial charge in [-0.05, 0) is 36.7 Å². The Bertz CT molecular complexity index is 320. The molecule has 1 aliphatic rings. The van der Waals surface area contributed by atoms with Crippen molar-refractivity contribution < 1.29 is 5.11 Å². The Hall–Kier alpha value is -0.170. The first kappa shape index (κ1) is 12.3. The molecular weight excluding hydrogens is 242 g/mol. The van der Waals surface area contributed by atoms with Crippen LogP contribution in [0.5, 0.6) is 0 Å². The third-order valence-corrected chi connectivity index (χ3v) is 5.17. The van der Waals surface area contributed by atoms with E-state index >= 15 is 0 Å². The molecule has 1 heterocycles. The van der Waals surface area contributed by atoms with Crippen LogP contribution < -0.4 is 5.73 Å². The van der Waals surface area contributed by atoms with Gasteiger partial charge in [0.05, 0.1) is 6.61 Å². The van der Waals surface area contributed by atoms with Crippen LogP contribution in [0.25, 0.3) is 0 Å². The maximum Gasteiger partial charge on any atom is 0.169 e. The number of nitrogens with zero attached hydrogens (tertiary/aromatic N) is 2. The summed E-state index contributed by atoms with van der Waals surface area (Å²) in [6.45, 7) is 0.112. The minimum atomic E-state index is -0.332. The number of hydrogen-bond donors (Lipinski definition) is 2. The fourth-order valence-corrected chi connectivity index (χ4v) is 3.89. The van der Waals surface area contributed by atoms with Gasteiger partial charge in [-0.2, -0.15) is 4.37 Å². The van der Waals surface area contributed by atoms with E-state index in [0.717, 1.165) is 35.8 Å². The highest BCUT2D eigenvalue weighted by Gasteiger charge is 2.38. The number of rotatable bonds is 5. The van der Waals surface area contributed by atoms with Gasteiger partial charge < -0.3 is 10.8 Å². The second-order valence-corrected chi connectivity index (χ2v) is 6.45. The van der Waals surface area contributed by atoms with E-state index in [-0.39, 0.29) is 12.1 Å². The molecule has 16 heavy (non-hydrogen) atoms. The number of aliphatic hydroxyl groups is 1. The monoisotopic (exact) mass is 259 g/mol. The van der Waals surface area contributed by atoms with Crippen molar-refractivity contribution in [3.05, 3.63) is 6.33 Å². The lowest BCUT2D eigenvalue weighted by Crippen LogP contribution is -2.47. The van der Waals surface area contributed by atoms with Crippen molar-refractivity contribution in [1.29, 1.82) is 0 Å². The maximum absolute atomic E-state index is 9.33. The first-order chi connectivity index (χ1) is 7.74. The Labute approximate surface area is 104 Å². The van der Waals surface area contributed by atoms with Crippen molar-refractivity contribution in [2.24, 2.45) is 11.7 Å². The molecule has 0 saturated heterocycles. The molecule has 0 aromatic carbocycles. The topological polar surface area (TPSA) is 72.0 Å². The number of aromatic nitrogens is 2. The van der Waals surface area contributed by atoms with Gasteiger partial charge in [0.1, 0.15) is 6.33 Å². The zero-order valence-corrected chi connectivity index (χ0v) is 10.8. The molecule has 1 saturated carbocycles. The van der Waals surface area contributed by atoms with Crippen molar-refractivity contribution in [3.8, 4) is 0 Å². The van der Waals surface area contributed by atoms with Gasteiger partial charge in [-0.25, -0.2) is 4.98 Å². The molecule has 4 nitrogen and oxygen atoms in total. The minimum absolute atomic E-state index is 0.112. The number of thioether (sulfide) groups is 1. The molecule has 90 valence electrons. The van der Waals surface area contributed by atoms with Crippen LogP contribution in [-0.4, -0.2) is 32.4 Å². The average Bonchev–Trinajstić information content (AvgIpc) is 2.90. The van der Waals surface area contributed by atoms with E-state index < -0.39 is 0 Å². The van der Waals surface area contributed by atoms with Crippen molar-refractivity contribution in [2.45, 2.75) is 35.6 Å². The lowest BCUT2D eigenvalue weighted by Gasteiger charge is -2.29. The SMILES string of the molecule is NC1(CO)CCCC1CCSc1ncns1. The van der Waals surface area contributed by atoms with E-state index in [1.807, 2.05) is 0 Å². The third kappa shape index (κ3) is 2.74. The van der Waals surface area contributed by atoms with Crippen molar-refractivity contribution in [1.82, 2.24) is 9.36 Å². The zero-order chi connectivity index (χ0) is 11.4. The molecule has 0 amide bonds. The summed E-state index contributed by atoms with van der Waals surface area (Å²) in [4.78, 5) is 4.13. The number of aliphatic hydroxyl groups excluding tert-OH is 1. The highest BCUT2D eigenvalue weighted by Crippen LogP contribution is 2.37. The highest BCUT2D eigenvalue weighted by atomic mass is 32.2. The van der Waals surface area contributed by atoms with Crippen LogP contribution in [-0.2, 0) is 0 Å². The van der Waals surface area contributed by atoms with Gasteiger partial charge in [-0.1, -0.05) is 18.2 Å². The molecule has 6 heteroatoms. The molecule has 1 aromatic rings. The van der Waals surface area contributed by atoms with Gasteiger partial charge in [0.2, 0.25) is 0 Å². The van der Waals surface area contributed by atoms with Crippen molar-refractivity contribution >= 4 is 23.3 Å². The second kappa shape index (κ2) is 5.44. The van der Waals surface area contributed by atoms with Crippen LogP contribution in [0, 0.1) is 5.92 Å². The van der Waals surface area contributed by atoms with Crippen LogP contribution in [0.2, 0.25) is 0 Å². The highest BCUT2D eigenvalue weighted by molar-refractivity contribution is 8.00. The van der Waals surface area contributed by atoms with Crippen LogP contribution in [0.4, 0.5) is 0 Å². The van der Waals surface area contributed by atoms with Gasteiger partial charge in [0, 0.05) is 11.3 Å². The van der Waals surface area contributed by atoms with Gasteiger partial charge in [-0.3, -0.25) is 0 Å². The summed E-state index contributed by atoms with van der Waals surface area (Å²) < 4.78 is 4.98. The molecule has 1 aliphatic carbocycles. The van der Waals surface area contributed by atoms with E-state index in [1.165, 1.54) is 11.5 Å². The maximum atomic E-state index is 9.33. The fraction of sp³-hybridized carbons (Fsp3) is 0.800. The lowest BCUT2D eigenvalue weighted by molar-refractivity contribution is 0.158. The van der Waals surface area contributed by atoms with Gasteiger partial charge in [-0.15, -0.1) is 0 Å². The summed E-state index contributed by atoms with van der Waals surface area (Å²) >= 11 is 3.17. The van der Waals surface area contributed by atoms with Gasteiger partial charge in [0.15, 0.2) is 4.34 Å². The summed E-state index contributed by atoms with van der Waals surface area (Å²) in [5, 5.41) is 9.33. The van der Waals surface area contributed by atoms with E-state index in [9.17, 15) is 5.11 Å². The predicted molar refractivity (Wildman–Crippen MR) is 66.6 cm³/mol. The Kier molecular flexibility index (Phi) is 4.18. The molecule has 1 aromatic heterocycles. The van der Waals surface area contributed by atoms with E-state index in [0.29, 0.717) is 5.92 Å². The fourth-order valence-electron chi connectivity index (χ4n) is 2.32. The molecule has 0 bridgehead atoms. The van der Waals surface area contributed by atoms with Gasteiger partial charge in [0.25, 0.3) is 0 Å². The largest absolute Gasteiger partial charge is 0.394 e. The number of nitrogens with two attached hydrogens (primary N) is 1. The third-order valence-electron chi connectivity index (χ3n) is 3.34. The lowest BCUT2D eigenvalue weighted by atomic mass is 9.87. The second-order valence-electron chi connectivity index (χ2n) is 4.32. The Morgan fingerprint density at radius 3 is 3.25 bits per heavy atom. The summed E-state index contributed by atoms with van der Waals surface area (Å²) in [6, 6.07) is 0. The van der Waals surface area contributed by atoms with Crippen LogP contribution in [0.15, 0.2) is 10.7 Å². The first-order valence-corrected chi connectivity index (χ1v) is 7.30. The molecule has 1 fully saturated rings. The summed E-state index contributed by atoms with van der Waals surface area (Å²) in [7, 11) is 0. The Balaban J connectivity index is 1.77. The predicted octanol–water partition coefficient (Wildman–Crippen LogP) is 1.51. The summed E-state index contributed by atoms with van der Waals surface area (Å²) in [5.74, 6) is 1.47. The normalized spacial score (nSPS) is 29.8. The number of hydrogen-bond acceptors (Lipinski definition) is 6. The standard InChI is InChI=1S/C10H17N3OS2/c11-10(6-14)4-1-2-8(10)3-5-15-9-12-7-13-16-9/h7-8,14H,1-6,11H2. The molecule has 0 aliphatic heterocycles. The van der Waals surface area contributed by atoms with E-state index in [2.05, 4.69) is 9.36 Å². The van der Waals surface area contributed by atoms with E-state index in [1.54, 1.807) is 18.1 Å². The average molecular weight is 259 g/mol. The van der Waals surface area contributed by atoms with Crippen molar-refractivity contribution in [3.63, 3.8) is 0 Å². The molecule has 2 rings (SSSR count). The van der Waals surface area contributed by atoms with Crippen LogP contribution in [0.3, 0.4) is 0 Å². The molecule has 0 radical (unpaired) electrons. The minimum Gasteiger partial charge on any atom is -0.394 e. The van der Waals surface area contributed by atoms with Crippen LogP contribution >= 0.6 is 23.3 Å². The van der Waals surface area contributed by atoms with E-state index in [4.69, 9.17) is 5.73 Å². The molecule has 3 N–H and O–H groups in total. The molecule has 2 unspecified atom stereocenters. The summed E-state index contributed by atoms with van der Waals surface area (Å²) in [6.07, 6.45) is 5.89.